The van der Waals surface area contributed by atoms with Gasteiger partial charge < -0.3 is 14.5 Å². The molecule has 3 aromatic heterocycles. The van der Waals surface area contributed by atoms with Crippen molar-refractivity contribution >= 4 is 29.3 Å². The second-order valence-electron chi connectivity index (χ2n) is 7.63. The summed E-state index contributed by atoms with van der Waals surface area (Å²) in [7, 11) is 1.55. The maximum Gasteiger partial charge on any atom is 0.414 e. The lowest BCUT2D eigenvalue weighted by Gasteiger charge is -2.17. The number of urea groups is 1. The zero-order chi connectivity index (χ0) is 20.7. The molecule has 3 aromatic rings. The van der Waals surface area contributed by atoms with Crippen LogP contribution in [0.3, 0.4) is 0 Å². The van der Waals surface area contributed by atoms with E-state index in [0.29, 0.717) is 30.5 Å². The summed E-state index contributed by atoms with van der Waals surface area (Å²) in [4.78, 5) is 34.6. The Morgan fingerprint density at radius 2 is 2.10 bits per heavy atom. The molecule has 1 saturated carbocycles. The summed E-state index contributed by atoms with van der Waals surface area (Å²) < 4.78 is 7.30. The van der Waals surface area contributed by atoms with E-state index in [4.69, 9.17) is 4.74 Å². The van der Waals surface area contributed by atoms with Crippen LogP contribution in [0.25, 0.3) is 16.8 Å². The lowest BCUT2D eigenvalue weighted by molar-refractivity contribution is 0.149. The number of rotatable bonds is 4. The fourth-order valence-corrected chi connectivity index (χ4v) is 3.55. The third-order valence-electron chi connectivity index (χ3n) is 5.42. The maximum absolute atomic E-state index is 12.5. The number of nitrogens with zero attached hydrogens (tertiary/aromatic N) is 4. The molecule has 154 valence electrons. The Morgan fingerprint density at radius 1 is 1.23 bits per heavy atom. The van der Waals surface area contributed by atoms with Gasteiger partial charge in [-0.2, -0.15) is 0 Å². The van der Waals surface area contributed by atoms with E-state index < -0.39 is 0 Å². The number of hydrogen-bond donors (Lipinski definition) is 2. The number of pyridine rings is 2. The van der Waals surface area contributed by atoms with Crippen LogP contribution in [0.5, 0.6) is 0 Å². The van der Waals surface area contributed by atoms with Crippen LogP contribution in [0.2, 0.25) is 0 Å². The van der Waals surface area contributed by atoms with Crippen molar-refractivity contribution in [2.24, 2.45) is 5.92 Å². The Hall–Kier alpha value is -3.62. The molecule has 3 amide bonds. The smallest absolute Gasteiger partial charge is 0.414 e. The number of anilines is 2. The van der Waals surface area contributed by atoms with E-state index in [1.54, 1.807) is 18.1 Å². The van der Waals surface area contributed by atoms with Gasteiger partial charge in [0.2, 0.25) is 0 Å². The predicted molar refractivity (Wildman–Crippen MR) is 112 cm³/mol. The molecule has 4 heterocycles. The largest absolute Gasteiger partial charge is 0.449 e. The second-order valence-corrected chi connectivity index (χ2v) is 7.63. The topological polar surface area (TPSA) is 101 Å². The first-order chi connectivity index (χ1) is 14.6. The van der Waals surface area contributed by atoms with Gasteiger partial charge in [0, 0.05) is 43.5 Å². The summed E-state index contributed by atoms with van der Waals surface area (Å²) in [6.45, 7) is 1.09. The highest BCUT2D eigenvalue weighted by Crippen LogP contribution is 2.33. The van der Waals surface area contributed by atoms with Gasteiger partial charge in [-0.25, -0.2) is 14.6 Å². The molecule has 0 bridgehead atoms. The summed E-state index contributed by atoms with van der Waals surface area (Å²) in [5.74, 6) is 0.994. The van der Waals surface area contributed by atoms with E-state index in [9.17, 15) is 9.59 Å². The van der Waals surface area contributed by atoms with Crippen LogP contribution >= 0.6 is 0 Å². The molecule has 1 aliphatic heterocycles. The number of carbonyl (C=O) groups excluding carboxylic acids is 2. The van der Waals surface area contributed by atoms with Crippen molar-refractivity contribution in [3.63, 3.8) is 0 Å². The lowest BCUT2D eigenvalue weighted by Crippen LogP contribution is -2.30. The fourth-order valence-electron chi connectivity index (χ4n) is 3.55. The van der Waals surface area contributed by atoms with Crippen molar-refractivity contribution in [2.45, 2.75) is 19.3 Å². The number of amides is 3. The first-order valence-corrected chi connectivity index (χ1v) is 10.0. The number of imidazole rings is 1. The molecule has 0 saturated heterocycles. The van der Waals surface area contributed by atoms with E-state index in [1.807, 2.05) is 35.0 Å². The van der Waals surface area contributed by atoms with Crippen LogP contribution in [0.1, 0.15) is 18.5 Å². The van der Waals surface area contributed by atoms with Gasteiger partial charge in [0.1, 0.15) is 5.65 Å². The molecule has 2 aliphatic rings. The van der Waals surface area contributed by atoms with Crippen LogP contribution in [-0.2, 0) is 11.2 Å². The lowest BCUT2D eigenvalue weighted by atomic mass is 10.1. The van der Waals surface area contributed by atoms with Gasteiger partial charge in [0.15, 0.2) is 5.82 Å². The summed E-state index contributed by atoms with van der Waals surface area (Å²) in [6, 6.07) is 5.48. The molecule has 9 nitrogen and oxygen atoms in total. The Labute approximate surface area is 173 Å². The molecule has 5 rings (SSSR count). The Balaban J connectivity index is 1.40. The predicted octanol–water partition coefficient (Wildman–Crippen LogP) is 3.06. The average molecular weight is 406 g/mol. The number of fused-ring (bicyclic) bond motifs is 2. The molecule has 1 fully saturated rings. The quantitative estimate of drug-likeness (QED) is 0.694. The van der Waals surface area contributed by atoms with Crippen molar-refractivity contribution in [3.05, 3.63) is 42.5 Å². The molecule has 0 spiro atoms. The van der Waals surface area contributed by atoms with Gasteiger partial charge in [-0.1, -0.05) is 0 Å². The molecular formula is C21H22N6O3. The van der Waals surface area contributed by atoms with Crippen LogP contribution < -0.4 is 15.5 Å². The number of nitrogens with one attached hydrogen (secondary N) is 2. The normalized spacial score (nSPS) is 15.2. The fraction of sp³-hybridized carbons (Fsp3) is 0.333. The highest BCUT2D eigenvalue weighted by Gasteiger charge is 2.29. The number of hydrogen-bond acceptors (Lipinski definition) is 5. The summed E-state index contributed by atoms with van der Waals surface area (Å²) in [5, 5.41) is 5.16. The van der Waals surface area contributed by atoms with Crippen molar-refractivity contribution in [1.29, 1.82) is 0 Å². The average Bonchev–Trinajstić information content (AvgIpc) is 3.35. The van der Waals surface area contributed by atoms with E-state index in [1.165, 1.54) is 0 Å². The minimum absolute atomic E-state index is 0.297. The van der Waals surface area contributed by atoms with Crippen LogP contribution in [-0.4, -0.2) is 46.7 Å². The molecule has 1 aliphatic carbocycles. The van der Waals surface area contributed by atoms with Gasteiger partial charge >= 0.3 is 12.1 Å². The third-order valence-corrected chi connectivity index (χ3v) is 5.42. The summed E-state index contributed by atoms with van der Waals surface area (Å²) in [6.07, 6.45) is 8.21. The number of ether oxygens (including phenoxy) is 1. The first kappa shape index (κ1) is 18.4. The van der Waals surface area contributed by atoms with E-state index in [-0.39, 0.29) is 12.1 Å². The Bertz CT molecular complexity index is 1140. The zero-order valence-corrected chi connectivity index (χ0v) is 16.6. The van der Waals surface area contributed by atoms with Crippen LogP contribution in [0, 0.1) is 5.92 Å². The van der Waals surface area contributed by atoms with Gasteiger partial charge in [0.05, 0.1) is 24.2 Å². The van der Waals surface area contributed by atoms with E-state index >= 15 is 0 Å². The maximum atomic E-state index is 12.5. The molecule has 0 aromatic carbocycles. The van der Waals surface area contributed by atoms with Gasteiger partial charge in [-0.15, -0.1) is 0 Å². The molecule has 0 atom stereocenters. The van der Waals surface area contributed by atoms with Crippen LogP contribution in [0.4, 0.5) is 21.1 Å². The first-order valence-electron chi connectivity index (χ1n) is 10.0. The van der Waals surface area contributed by atoms with Crippen molar-refractivity contribution in [1.82, 2.24) is 19.7 Å². The minimum Gasteiger partial charge on any atom is -0.449 e. The Morgan fingerprint density at radius 3 is 2.90 bits per heavy atom. The van der Waals surface area contributed by atoms with Crippen molar-refractivity contribution < 1.29 is 14.3 Å². The molecule has 0 unspecified atom stereocenters. The van der Waals surface area contributed by atoms with Gasteiger partial charge in [-0.3, -0.25) is 15.2 Å². The second kappa shape index (κ2) is 7.33. The highest BCUT2D eigenvalue weighted by molar-refractivity contribution is 5.91. The highest BCUT2D eigenvalue weighted by atomic mass is 16.6. The molecule has 0 radical (unpaired) electrons. The molecule has 30 heavy (non-hydrogen) atoms. The molecule has 9 heteroatoms. The molecule has 2 N–H and O–H groups in total. The monoisotopic (exact) mass is 406 g/mol. The minimum atomic E-state index is -0.324. The van der Waals surface area contributed by atoms with Crippen LogP contribution in [0.15, 0.2) is 36.8 Å². The standard InChI is InChI=1S/C21H22N6O3/c1-22-20(28)25-18-11-26-10-14(4-5-19(26)24-18)15-8-17-16(23-9-15)6-7-27(17)21(29)30-12-13-2-3-13/h4-5,8-11,13H,2-3,6-7,12H2,1H3,(H2,22,25,28). The SMILES string of the molecule is CNC(=O)Nc1cn2cc(-c3cnc4c(c3)N(C(=O)OCC3CC3)CC4)ccc2n1. The molecular weight excluding hydrogens is 384 g/mol. The summed E-state index contributed by atoms with van der Waals surface area (Å²) >= 11 is 0. The zero-order valence-electron chi connectivity index (χ0n) is 16.6. The number of aromatic nitrogens is 3. The van der Waals surface area contributed by atoms with Gasteiger partial charge in [-0.05, 0) is 37.0 Å². The van der Waals surface area contributed by atoms with Gasteiger partial charge in [0.25, 0.3) is 0 Å². The third kappa shape index (κ3) is 3.54. The van der Waals surface area contributed by atoms with E-state index in [2.05, 4.69) is 20.6 Å². The van der Waals surface area contributed by atoms with Crippen molar-refractivity contribution in [2.75, 3.05) is 30.4 Å². The van der Waals surface area contributed by atoms with Crippen molar-refractivity contribution in [3.8, 4) is 11.1 Å². The summed E-state index contributed by atoms with van der Waals surface area (Å²) in [5.41, 5.74) is 4.25. The van der Waals surface area contributed by atoms with E-state index in [0.717, 1.165) is 41.8 Å². The Kier molecular flexibility index (Phi) is 4.50. The number of carbonyl (C=O) groups is 2.